The van der Waals surface area contributed by atoms with Crippen molar-refractivity contribution in [2.45, 2.75) is 26.1 Å². The largest absolute Gasteiger partial charge is 0.492 e. The molecule has 1 aromatic heterocycles. The van der Waals surface area contributed by atoms with E-state index >= 15 is 0 Å². The highest BCUT2D eigenvalue weighted by atomic mass is 35.5. The number of nitrogens with zero attached hydrogens (tertiary/aromatic N) is 3. The average Bonchev–Trinajstić information content (AvgIpc) is 3.21. The Balaban J connectivity index is 1.46. The molecule has 0 amide bonds. The maximum Gasteiger partial charge on any atom is 0.303 e. The first-order valence-electron chi connectivity index (χ1n) is 12.4. The minimum absolute atomic E-state index is 0.0121. The van der Waals surface area contributed by atoms with Crippen molar-refractivity contribution in [3.63, 3.8) is 0 Å². The number of likely N-dealkylation sites (N-methyl/N-ethyl adjacent to an activating group) is 1. The Hall–Kier alpha value is -3.75. The summed E-state index contributed by atoms with van der Waals surface area (Å²) in [7, 11) is 5.98. The highest BCUT2D eigenvalue weighted by Gasteiger charge is 2.13. The maximum absolute atomic E-state index is 11.1. The second-order valence-electron chi connectivity index (χ2n) is 9.26. The molecule has 0 aliphatic heterocycles. The van der Waals surface area contributed by atoms with Crippen LogP contribution >= 0.6 is 11.6 Å². The molecule has 1 N–H and O–H groups in total. The number of hydrogen-bond donors (Lipinski definition) is 1. The monoisotopic (exact) mass is 537 g/mol. The molecule has 0 aliphatic carbocycles. The van der Waals surface area contributed by atoms with Gasteiger partial charge in [0.25, 0.3) is 0 Å². The molecule has 0 saturated carbocycles. The molecule has 0 saturated heterocycles. The van der Waals surface area contributed by atoms with E-state index in [9.17, 15) is 4.79 Å². The lowest BCUT2D eigenvalue weighted by atomic mass is 10.1. The summed E-state index contributed by atoms with van der Waals surface area (Å²) in [5.74, 6) is 1.90. The van der Waals surface area contributed by atoms with Gasteiger partial charge in [-0.1, -0.05) is 29.8 Å². The van der Waals surface area contributed by atoms with Crippen molar-refractivity contribution in [2.24, 2.45) is 7.05 Å². The van der Waals surface area contributed by atoms with Crippen LogP contribution in [0, 0.1) is 0 Å². The van der Waals surface area contributed by atoms with E-state index in [0.29, 0.717) is 36.2 Å². The molecule has 38 heavy (non-hydrogen) atoms. The summed E-state index contributed by atoms with van der Waals surface area (Å²) in [5.41, 5.74) is 3.58. The minimum Gasteiger partial charge on any atom is -0.492 e. The summed E-state index contributed by atoms with van der Waals surface area (Å²) >= 11 is 5.98. The number of aliphatic carboxylic acids is 1. The van der Waals surface area contributed by atoms with Crippen molar-refractivity contribution in [3.8, 4) is 17.2 Å². The minimum atomic E-state index is -0.859. The predicted octanol–water partition coefficient (Wildman–Crippen LogP) is 5.34. The molecule has 0 aliphatic rings. The van der Waals surface area contributed by atoms with Gasteiger partial charge in [-0.15, -0.1) is 0 Å². The molecule has 200 valence electrons. The molecule has 4 rings (SSSR count). The number of benzene rings is 3. The Labute approximate surface area is 227 Å². The van der Waals surface area contributed by atoms with E-state index in [0.717, 1.165) is 40.3 Å². The predicted molar refractivity (Wildman–Crippen MR) is 147 cm³/mol. The van der Waals surface area contributed by atoms with Crippen LogP contribution in [-0.2, 0) is 31.5 Å². The van der Waals surface area contributed by atoms with Gasteiger partial charge in [0, 0.05) is 37.2 Å². The van der Waals surface area contributed by atoms with Gasteiger partial charge in [-0.3, -0.25) is 4.79 Å². The van der Waals surface area contributed by atoms with Gasteiger partial charge in [0.2, 0.25) is 0 Å². The van der Waals surface area contributed by atoms with Crippen molar-refractivity contribution in [1.29, 1.82) is 0 Å². The molecule has 3 aromatic carbocycles. The number of carboxylic acid groups (broad SMARTS) is 1. The van der Waals surface area contributed by atoms with Crippen molar-refractivity contribution < 1.29 is 24.1 Å². The van der Waals surface area contributed by atoms with Gasteiger partial charge in [0.05, 0.1) is 11.0 Å². The molecule has 0 atom stereocenters. The number of fused-ring (bicyclic) bond motifs is 1. The van der Waals surface area contributed by atoms with Gasteiger partial charge < -0.3 is 28.8 Å². The quantitative estimate of drug-likeness (QED) is 0.246. The molecular formula is C29H32ClN3O5. The fourth-order valence-electron chi connectivity index (χ4n) is 3.88. The van der Waals surface area contributed by atoms with Crippen LogP contribution in [0.1, 0.15) is 23.4 Å². The number of imidazole rings is 1. The summed E-state index contributed by atoms with van der Waals surface area (Å²) in [6, 6.07) is 18.7. The van der Waals surface area contributed by atoms with Crippen LogP contribution < -0.4 is 14.2 Å². The normalized spacial score (nSPS) is 11.2. The summed E-state index contributed by atoms with van der Waals surface area (Å²) in [4.78, 5) is 17.9. The van der Waals surface area contributed by atoms with Gasteiger partial charge in [-0.05, 0) is 62.0 Å². The first-order chi connectivity index (χ1) is 18.3. The Morgan fingerprint density at radius 1 is 0.974 bits per heavy atom. The highest BCUT2D eigenvalue weighted by molar-refractivity contribution is 6.30. The third-order valence-electron chi connectivity index (χ3n) is 6.07. The van der Waals surface area contributed by atoms with Gasteiger partial charge in [-0.2, -0.15) is 0 Å². The first-order valence-corrected chi connectivity index (χ1v) is 12.7. The van der Waals surface area contributed by atoms with Crippen molar-refractivity contribution >= 4 is 28.6 Å². The first kappa shape index (κ1) is 27.3. The van der Waals surface area contributed by atoms with E-state index in [1.165, 1.54) is 0 Å². The van der Waals surface area contributed by atoms with Crippen LogP contribution in [0.3, 0.4) is 0 Å². The highest BCUT2D eigenvalue weighted by Crippen LogP contribution is 2.28. The molecule has 0 fully saturated rings. The van der Waals surface area contributed by atoms with E-state index in [1.807, 2.05) is 68.2 Å². The molecule has 8 nitrogen and oxygen atoms in total. The molecule has 1 heterocycles. The number of aromatic nitrogens is 2. The Morgan fingerprint density at radius 3 is 2.45 bits per heavy atom. The van der Waals surface area contributed by atoms with E-state index in [1.54, 1.807) is 18.2 Å². The summed E-state index contributed by atoms with van der Waals surface area (Å²) in [6.07, 6.45) is 0.369. The van der Waals surface area contributed by atoms with Gasteiger partial charge >= 0.3 is 5.97 Å². The summed E-state index contributed by atoms with van der Waals surface area (Å²) in [6.45, 7) is 2.03. The fourth-order valence-corrected chi connectivity index (χ4v) is 4.01. The lowest BCUT2D eigenvalue weighted by molar-refractivity contribution is -0.136. The van der Waals surface area contributed by atoms with Crippen molar-refractivity contribution in [3.05, 3.63) is 82.6 Å². The number of aryl methyl sites for hydroxylation is 2. The van der Waals surface area contributed by atoms with Gasteiger partial charge in [0.15, 0.2) is 0 Å². The second kappa shape index (κ2) is 12.7. The van der Waals surface area contributed by atoms with Crippen LogP contribution in [0.4, 0.5) is 0 Å². The SMILES string of the molecule is CN(C)CCOc1ccc2nc(COc3ccc(CCC(=O)O)c(OCc4ccc(Cl)cc4)c3)n(C)c2c1. The van der Waals surface area contributed by atoms with E-state index < -0.39 is 5.97 Å². The number of halogens is 1. The summed E-state index contributed by atoms with van der Waals surface area (Å²) < 4.78 is 20.0. The van der Waals surface area contributed by atoms with E-state index in [-0.39, 0.29) is 13.0 Å². The maximum atomic E-state index is 11.1. The number of ether oxygens (including phenoxy) is 3. The molecule has 9 heteroatoms. The third-order valence-corrected chi connectivity index (χ3v) is 6.33. The average molecular weight is 538 g/mol. The van der Waals surface area contributed by atoms with Gasteiger partial charge in [-0.25, -0.2) is 4.98 Å². The zero-order valence-electron chi connectivity index (χ0n) is 21.8. The Kier molecular flexibility index (Phi) is 9.10. The Morgan fingerprint density at radius 2 is 1.71 bits per heavy atom. The Bertz CT molecular complexity index is 1390. The molecule has 0 unspecified atom stereocenters. The van der Waals surface area contributed by atoms with E-state index in [2.05, 4.69) is 4.90 Å². The number of carbonyl (C=O) groups is 1. The lowest BCUT2D eigenvalue weighted by Gasteiger charge is -2.14. The van der Waals surface area contributed by atoms with Crippen LogP contribution in [0.25, 0.3) is 11.0 Å². The number of rotatable bonds is 13. The molecule has 4 aromatic rings. The van der Waals surface area contributed by atoms with Crippen molar-refractivity contribution in [1.82, 2.24) is 14.5 Å². The molecular weight excluding hydrogens is 506 g/mol. The van der Waals surface area contributed by atoms with Crippen LogP contribution in [-0.4, -0.2) is 52.8 Å². The fraction of sp³-hybridized carbons (Fsp3) is 0.310. The molecule has 0 radical (unpaired) electrons. The van der Waals surface area contributed by atoms with Crippen molar-refractivity contribution in [2.75, 3.05) is 27.2 Å². The standard InChI is InChI=1S/C29H32ClN3O5/c1-32(2)14-15-36-23-11-12-25-26(16-23)33(3)28(31-25)19-37-24-10-6-21(7-13-29(34)35)27(17-24)38-18-20-4-8-22(30)9-5-20/h4-6,8-12,16-17H,7,13-15,18-19H2,1-3H3,(H,34,35). The molecule has 0 spiro atoms. The number of carboxylic acids is 1. The zero-order chi connectivity index (χ0) is 27.1. The smallest absolute Gasteiger partial charge is 0.303 e. The zero-order valence-corrected chi connectivity index (χ0v) is 22.6. The second-order valence-corrected chi connectivity index (χ2v) is 9.69. The van der Waals surface area contributed by atoms with Gasteiger partial charge in [0.1, 0.15) is 42.9 Å². The van der Waals surface area contributed by atoms with E-state index in [4.69, 9.17) is 35.9 Å². The third kappa shape index (κ3) is 7.40. The lowest BCUT2D eigenvalue weighted by Crippen LogP contribution is -2.19. The molecule has 0 bridgehead atoms. The summed E-state index contributed by atoms with van der Waals surface area (Å²) in [5, 5.41) is 9.79. The number of hydrogen-bond acceptors (Lipinski definition) is 6. The van der Waals surface area contributed by atoms with Crippen LogP contribution in [0.5, 0.6) is 17.2 Å². The van der Waals surface area contributed by atoms with Crippen LogP contribution in [0.15, 0.2) is 60.7 Å². The van der Waals surface area contributed by atoms with Crippen LogP contribution in [0.2, 0.25) is 5.02 Å². The topological polar surface area (TPSA) is 86.1 Å².